The number of nitro benzene ring substituents is 1. The summed E-state index contributed by atoms with van der Waals surface area (Å²) in [7, 11) is 0. The summed E-state index contributed by atoms with van der Waals surface area (Å²) in [5.74, 6) is -0.396. The number of carbonyl (C=O) groups is 2. The third kappa shape index (κ3) is 5.11. The fourth-order valence-corrected chi connectivity index (χ4v) is 2.89. The van der Waals surface area contributed by atoms with Crippen LogP contribution in [0.25, 0.3) is 5.57 Å². The maximum Gasteiger partial charge on any atom is 0.269 e. The molecule has 3 rings (SSSR count). The monoisotopic (exact) mass is 385 g/mol. The summed E-state index contributed by atoms with van der Waals surface area (Å²) in [5, 5.41) is 10.8. The van der Waals surface area contributed by atoms with Gasteiger partial charge in [-0.3, -0.25) is 19.7 Å². The summed E-state index contributed by atoms with van der Waals surface area (Å²) in [6, 6.07) is 22.0. The molecule has 0 fully saturated rings. The third-order valence-electron chi connectivity index (χ3n) is 4.54. The van der Waals surface area contributed by atoms with Crippen LogP contribution in [0.3, 0.4) is 0 Å². The van der Waals surface area contributed by atoms with E-state index in [2.05, 4.69) is 0 Å². The van der Waals surface area contributed by atoms with E-state index in [1.807, 2.05) is 49.4 Å². The molecule has 5 nitrogen and oxygen atoms in total. The SMILES string of the molecule is Cc1ccc(C(=O)/C=C(/CC(=O)c2ccc([N+](=O)[O-])cc2)c2ccccc2)cc1. The molecule has 0 saturated carbocycles. The number of hydrogen-bond acceptors (Lipinski definition) is 4. The van der Waals surface area contributed by atoms with Crippen molar-refractivity contribution >= 4 is 22.8 Å². The van der Waals surface area contributed by atoms with Crippen LogP contribution in [0.2, 0.25) is 0 Å². The second kappa shape index (κ2) is 8.89. The maximum atomic E-state index is 12.8. The topological polar surface area (TPSA) is 77.3 Å². The fraction of sp³-hybridized carbons (Fsp3) is 0.0833. The highest BCUT2D eigenvalue weighted by Gasteiger charge is 2.14. The first-order chi connectivity index (χ1) is 13.9. The standard InChI is InChI=1S/C24H19NO4/c1-17-7-9-19(10-8-17)23(26)15-21(18-5-3-2-4-6-18)16-24(27)20-11-13-22(14-12-20)25(28)29/h2-15H,16H2,1H3/b21-15-. The molecule has 0 heterocycles. The van der Waals surface area contributed by atoms with Gasteiger partial charge in [-0.2, -0.15) is 0 Å². The van der Waals surface area contributed by atoms with Crippen LogP contribution in [0.15, 0.2) is 84.9 Å². The van der Waals surface area contributed by atoms with E-state index in [1.165, 1.54) is 30.3 Å². The van der Waals surface area contributed by atoms with Gasteiger partial charge in [0.15, 0.2) is 11.6 Å². The van der Waals surface area contributed by atoms with Crippen molar-refractivity contribution in [2.75, 3.05) is 0 Å². The molecule has 0 unspecified atom stereocenters. The Hall–Kier alpha value is -3.86. The number of nitrogens with zero attached hydrogens (tertiary/aromatic N) is 1. The maximum absolute atomic E-state index is 12.8. The average molecular weight is 385 g/mol. The van der Waals surface area contributed by atoms with Gasteiger partial charge in [0.2, 0.25) is 0 Å². The van der Waals surface area contributed by atoms with Crippen molar-refractivity contribution in [2.24, 2.45) is 0 Å². The lowest BCUT2D eigenvalue weighted by Crippen LogP contribution is -2.04. The minimum atomic E-state index is -0.510. The predicted molar refractivity (Wildman–Crippen MR) is 112 cm³/mol. The van der Waals surface area contributed by atoms with E-state index in [9.17, 15) is 19.7 Å². The molecular formula is C24H19NO4. The Kier molecular flexibility index (Phi) is 6.09. The highest BCUT2D eigenvalue weighted by molar-refractivity contribution is 6.11. The normalized spacial score (nSPS) is 11.1. The lowest BCUT2D eigenvalue weighted by atomic mass is 9.95. The molecule has 5 heteroatoms. The van der Waals surface area contributed by atoms with Gasteiger partial charge in [-0.05, 0) is 36.3 Å². The molecule has 0 saturated heterocycles. The van der Waals surface area contributed by atoms with Gasteiger partial charge < -0.3 is 0 Å². The van der Waals surface area contributed by atoms with Gasteiger partial charge in [0.25, 0.3) is 5.69 Å². The van der Waals surface area contributed by atoms with E-state index < -0.39 is 4.92 Å². The second-order valence-corrected chi connectivity index (χ2v) is 6.67. The first-order valence-electron chi connectivity index (χ1n) is 9.08. The van der Waals surface area contributed by atoms with Gasteiger partial charge in [0, 0.05) is 29.7 Å². The summed E-state index contributed by atoms with van der Waals surface area (Å²) in [6.07, 6.45) is 1.50. The molecule has 0 aliphatic heterocycles. The molecule has 0 spiro atoms. The van der Waals surface area contributed by atoms with E-state index >= 15 is 0 Å². The van der Waals surface area contributed by atoms with Crippen molar-refractivity contribution in [3.05, 3.63) is 117 Å². The van der Waals surface area contributed by atoms with Crippen LogP contribution < -0.4 is 0 Å². The number of benzene rings is 3. The fourth-order valence-electron chi connectivity index (χ4n) is 2.89. The van der Waals surface area contributed by atoms with Crippen LogP contribution >= 0.6 is 0 Å². The number of rotatable bonds is 7. The largest absolute Gasteiger partial charge is 0.294 e. The Labute approximate surface area is 168 Å². The van der Waals surface area contributed by atoms with Crippen LogP contribution in [0.4, 0.5) is 5.69 Å². The van der Waals surface area contributed by atoms with Crippen LogP contribution in [-0.4, -0.2) is 16.5 Å². The molecule has 0 amide bonds. The lowest BCUT2D eigenvalue weighted by Gasteiger charge is -2.08. The van der Waals surface area contributed by atoms with Crippen molar-refractivity contribution in [2.45, 2.75) is 13.3 Å². The predicted octanol–water partition coefficient (Wildman–Crippen LogP) is 5.44. The molecular weight excluding hydrogens is 366 g/mol. The molecule has 0 aliphatic rings. The molecule has 0 atom stereocenters. The van der Waals surface area contributed by atoms with Gasteiger partial charge in [-0.1, -0.05) is 60.2 Å². The van der Waals surface area contributed by atoms with E-state index in [0.717, 1.165) is 11.1 Å². The lowest BCUT2D eigenvalue weighted by molar-refractivity contribution is -0.384. The van der Waals surface area contributed by atoms with E-state index in [-0.39, 0.29) is 23.7 Å². The molecule has 3 aromatic carbocycles. The zero-order chi connectivity index (χ0) is 20.8. The molecule has 0 aliphatic carbocycles. The Morgan fingerprint density at radius 1 is 0.828 bits per heavy atom. The van der Waals surface area contributed by atoms with Crippen LogP contribution in [0.1, 0.15) is 38.3 Å². The molecule has 0 radical (unpaired) electrons. The van der Waals surface area contributed by atoms with Crippen molar-refractivity contribution in [1.29, 1.82) is 0 Å². The number of aryl methyl sites for hydroxylation is 1. The van der Waals surface area contributed by atoms with Crippen LogP contribution in [-0.2, 0) is 0 Å². The van der Waals surface area contributed by atoms with Crippen molar-refractivity contribution in [3.63, 3.8) is 0 Å². The van der Waals surface area contributed by atoms with Crippen molar-refractivity contribution in [3.8, 4) is 0 Å². The number of carbonyl (C=O) groups excluding carboxylic acids is 2. The number of hydrogen-bond donors (Lipinski definition) is 0. The smallest absolute Gasteiger partial charge is 0.269 e. The average Bonchev–Trinajstić information content (AvgIpc) is 2.74. The number of allylic oxidation sites excluding steroid dienone is 2. The summed E-state index contributed by atoms with van der Waals surface area (Å²) in [6.45, 7) is 1.95. The van der Waals surface area contributed by atoms with Gasteiger partial charge in [-0.25, -0.2) is 0 Å². The van der Waals surface area contributed by atoms with Gasteiger partial charge in [0.1, 0.15) is 0 Å². The third-order valence-corrected chi connectivity index (χ3v) is 4.54. The summed E-state index contributed by atoms with van der Waals surface area (Å²) in [5.41, 5.74) is 3.27. The van der Waals surface area contributed by atoms with Crippen LogP contribution in [0.5, 0.6) is 0 Å². The summed E-state index contributed by atoms with van der Waals surface area (Å²) in [4.78, 5) is 35.8. The Morgan fingerprint density at radius 2 is 1.41 bits per heavy atom. The van der Waals surface area contributed by atoms with Crippen molar-refractivity contribution in [1.82, 2.24) is 0 Å². The first-order valence-corrected chi connectivity index (χ1v) is 9.08. The van der Waals surface area contributed by atoms with Gasteiger partial charge in [0.05, 0.1) is 4.92 Å². The number of nitro groups is 1. The number of non-ortho nitro benzene ring substituents is 1. The van der Waals surface area contributed by atoms with Crippen LogP contribution in [0, 0.1) is 17.0 Å². The van der Waals surface area contributed by atoms with Crippen molar-refractivity contribution < 1.29 is 14.5 Å². The minimum absolute atomic E-state index is 0.0133. The van der Waals surface area contributed by atoms with E-state index in [0.29, 0.717) is 16.7 Å². The Morgan fingerprint density at radius 3 is 2.00 bits per heavy atom. The first kappa shape index (κ1) is 19.9. The Balaban J connectivity index is 1.89. The van der Waals surface area contributed by atoms with Gasteiger partial charge in [-0.15, -0.1) is 0 Å². The molecule has 0 aromatic heterocycles. The highest BCUT2D eigenvalue weighted by atomic mass is 16.6. The van der Waals surface area contributed by atoms with Gasteiger partial charge >= 0.3 is 0 Å². The quantitative estimate of drug-likeness (QED) is 0.235. The zero-order valence-corrected chi connectivity index (χ0v) is 15.9. The molecule has 0 N–H and O–H groups in total. The van der Waals surface area contributed by atoms with E-state index in [1.54, 1.807) is 12.1 Å². The number of Topliss-reactive ketones (excluding diaryl/α,β-unsaturated/α-hetero) is 1. The minimum Gasteiger partial charge on any atom is -0.294 e. The highest BCUT2D eigenvalue weighted by Crippen LogP contribution is 2.23. The molecule has 144 valence electrons. The summed E-state index contributed by atoms with van der Waals surface area (Å²) < 4.78 is 0. The molecule has 29 heavy (non-hydrogen) atoms. The molecule has 3 aromatic rings. The Bertz CT molecular complexity index is 1070. The number of ketones is 2. The summed E-state index contributed by atoms with van der Waals surface area (Å²) >= 11 is 0. The van der Waals surface area contributed by atoms with E-state index in [4.69, 9.17) is 0 Å². The zero-order valence-electron chi connectivity index (χ0n) is 15.9. The molecule has 0 bridgehead atoms. The second-order valence-electron chi connectivity index (χ2n) is 6.67.